The Labute approximate surface area is 53.8 Å². The second-order valence-electron chi connectivity index (χ2n) is 2.34. The average molecular weight is 123 g/mol. The van der Waals surface area contributed by atoms with Crippen LogP contribution in [-0.2, 0) is 0 Å². The molecule has 2 rings (SSSR count). The van der Waals surface area contributed by atoms with Crippen molar-refractivity contribution in [2.45, 2.75) is 0 Å². The number of hydrogen-bond donors (Lipinski definition) is 2. The molecule has 0 aromatic carbocycles. The molecular formula is C6H9N3. The second kappa shape index (κ2) is 1.84. The van der Waals surface area contributed by atoms with Crippen molar-refractivity contribution in [3.8, 4) is 0 Å². The van der Waals surface area contributed by atoms with Gasteiger partial charge in [-0.2, -0.15) is 0 Å². The summed E-state index contributed by atoms with van der Waals surface area (Å²) in [5.41, 5.74) is 7.43. The molecule has 1 unspecified atom stereocenters. The average Bonchev–Trinajstić information content (AvgIpc) is 2.33. The highest BCUT2D eigenvalue weighted by Crippen LogP contribution is 2.13. The number of fused-ring (bicyclic) bond motifs is 1. The molecule has 0 aromatic rings. The fraction of sp³-hybridized carbons (Fsp3) is 0.500. The van der Waals surface area contributed by atoms with Gasteiger partial charge in [0.15, 0.2) is 0 Å². The van der Waals surface area contributed by atoms with E-state index in [0.717, 1.165) is 13.1 Å². The maximum atomic E-state index is 4.14. The van der Waals surface area contributed by atoms with Gasteiger partial charge in [0.05, 0.1) is 0 Å². The summed E-state index contributed by atoms with van der Waals surface area (Å²) >= 11 is 0. The number of dihydropyridines is 1. The highest BCUT2D eigenvalue weighted by atomic mass is 15.4. The zero-order chi connectivity index (χ0) is 6.10. The first-order chi connectivity index (χ1) is 4.47. The van der Waals surface area contributed by atoms with E-state index in [1.54, 1.807) is 0 Å². The number of hydrogen-bond acceptors (Lipinski definition) is 3. The van der Waals surface area contributed by atoms with Gasteiger partial charge in [0, 0.05) is 30.9 Å². The molecule has 0 aliphatic carbocycles. The normalized spacial score (nSPS) is 31.1. The predicted molar refractivity (Wildman–Crippen MR) is 36.1 cm³/mol. The lowest BCUT2D eigenvalue weighted by Gasteiger charge is -2.08. The van der Waals surface area contributed by atoms with E-state index < -0.39 is 0 Å². The summed E-state index contributed by atoms with van der Waals surface area (Å²) in [4.78, 5) is 4.14. The maximum Gasteiger partial charge on any atom is 0.0485 e. The Morgan fingerprint density at radius 3 is 3.56 bits per heavy atom. The zero-order valence-corrected chi connectivity index (χ0v) is 5.09. The van der Waals surface area contributed by atoms with Crippen LogP contribution < -0.4 is 10.9 Å². The summed E-state index contributed by atoms with van der Waals surface area (Å²) in [5, 5.41) is 0. The van der Waals surface area contributed by atoms with Crippen LogP contribution in [-0.4, -0.2) is 19.3 Å². The number of allylic oxidation sites excluding steroid dienone is 1. The first-order valence-corrected chi connectivity index (χ1v) is 3.16. The molecule has 2 aliphatic rings. The van der Waals surface area contributed by atoms with Crippen LogP contribution in [0.5, 0.6) is 0 Å². The highest BCUT2D eigenvalue weighted by Gasteiger charge is 2.20. The van der Waals surface area contributed by atoms with Crippen molar-refractivity contribution in [2.75, 3.05) is 13.1 Å². The molecule has 3 heteroatoms. The van der Waals surface area contributed by atoms with Crippen LogP contribution in [0.2, 0.25) is 0 Å². The van der Waals surface area contributed by atoms with Crippen LogP contribution in [0.4, 0.5) is 0 Å². The Kier molecular flexibility index (Phi) is 1.02. The number of aliphatic imine (C=N–C) groups is 1. The van der Waals surface area contributed by atoms with Crippen LogP contribution in [0.1, 0.15) is 0 Å². The lowest BCUT2D eigenvalue weighted by atomic mass is 10.1. The molecule has 9 heavy (non-hydrogen) atoms. The molecule has 0 aromatic heterocycles. The Balaban J connectivity index is 2.23. The maximum absolute atomic E-state index is 4.14. The van der Waals surface area contributed by atoms with Gasteiger partial charge < -0.3 is 5.43 Å². The lowest BCUT2D eigenvalue weighted by molar-refractivity contribution is 0.654. The summed E-state index contributed by atoms with van der Waals surface area (Å²) in [6.07, 6.45) is 3.88. The molecule has 2 N–H and O–H groups in total. The Hall–Kier alpha value is -0.830. The standard InChI is InChI=1S/C6H9N3/c1-2-7-3-5-4-8-9-6(1)5/h1-2,5,8-9H,3-4H2. The second-order valence-corrected chi connectivity index (χ2v) is 2.34. The molecule has 0 saturated carbocycles. The molecular weight excluding hydrogens is 114 g/mol. The molecule has 0 radical (unpaired) electrons. The van der Waals surface area contributed by atoms with Crippen molar-refractivity contribution >= 4 is 6.21 Å². The molecule has 0 spiro atoms. The quantitative estimate of drug-likeness (QED) is 0.463. The van der Waals surface area contributed by atoms with E-state index in [1.807, 2.05) is 12.3 Å². The van der Waals surface area contributed by atoms with Crippen molar-refractivity contribution in [3.63, 3.8) is 0 Å². The molecule has 1 atom stereocenters. The number of nitrogens with zero attached hydrogens (tertiary/aromatic N) is 1. The molecule has 0 bridgehead atoms. The van der Waals surface area contributed by atoms with Crippen LogP contribution in [0.25, 0.3) is 0 Å². The predicted octanol–water partition coefficient (Wildman–Crippen LogP) is -0.321. The third kappa shape index (κ3) is 0.733. The van der Waals surface area contributed by atoms with Crippen LogP contribution in [0.3, 0.4) is 0 Å². The van der Waals surface area contributed by atoms with Gasteiger partial charge in [-0.25, -0.2) is 5.43 Å². The van der Waals surface area contributed by atoms with E-state index in [2.05, 4.69) is 15.8 Å². The Morgan fingerprint density at radius 2 is 2.67 bits per heavy atom. The van der Waals surface area contributed by atoms with Gasteiger partial charge >= 0.3 is 0 Å². The Morgan fingerprint density at radius 1 is 1.67 bits per heavy atom. The summed E-state index contributed by atoms with van der Waals surface area (Å²) in [6, 6.07) is 0. The zero-order valence-electron chi connectivity index (χ0n) is 5.09. The van der Waals surface area contributed by atoms with Gasteiger partial charge in [-0.3, -0.25) is 4.99 Å². The van der Waals surface area contributed by atoms with E-state index in [1.165, 1.54) is 5.70 Å². The van der Waals surface area contributed by atoms with Gasteiger partial charge in [-0.05, 0) is 6.08 Å². The van der Waals surface area contributed by atoms with Crippen molar-refractivity contribution in [3.05, 3.63) is 11.8 Å². The van der Waals surface area contributed by atoms with E-state index in [9.17, 15) is 0 Å². The summed E-state index contributed by atoms with van der Waals surface area (Å²) in [7, 11) is 0. The number of rotatable bonds is 0. The van der Waals surface area contributed by atoms with E-state index >= 15 is 0 Å². The van der Waals surface area contributed by atoms with Crippen LogP contribution in [0, 0.1) is 5.92 Å². The van der Waals surface area contributed by atoms with Crippen LogP contribution >= 0.6 is 0 Å². The summed E-state index contributed by atoms with van der Waals surface area (Å²) in [6.45, 7) is 1.95. The van der Waals surface area contributed by atoms with Gasteiger partial charge in [0.2, 0.25) is 0 Å². The largest absolute Gasteiger partial charge is 0.325 e. The molecule has 1 fully saturated rings. The van der Waals surface area contributed by atoms with Gasteiger partial charge in [0.25, 0.3) is 0 Å². The molecule has 1 saturated heterocycles. The molecule has 3 nitrogen and oxygen atoms in total. The first-order valence-electron chi connectivity index (χ1n) is 3.16. The topological polar surface area (TPSA) is 36.4 Å². The Bertz CT molecular complexity index is 171. The molecule has 2 aliphatic heterocycles. The minimum atomic E-state index is 0.606. The minimum Gasteiger partial charge on any atom is -0.325 e. The van der Waals surface area contributed by atoms with Crippen molar-refractivity contribution in [1.29, 1.82) is 0 Å². The fourth-order valence-corrected chi connectivity index (χ4v) is 1.15. The van der Waals surface area contributed by atoms with E-state index in [0.29, 0.717) is 5.92 Å². The SMILES string of the molecule is C1=NCC2CNNC2=C1. The van der Waals surface area contributed by atoms with E-state index in [4.69, 9.17) is 0 Å². The van der Waals surface area contributed by atoms with Crippen LogP contribution in [0.15, 0.2) is 16.8 Å². The summed E-state index contributed by atoms with van der Waals surface area (Å²) < 4.78 is 0. The third-order valence-corrected chi connectivity index (χ3v) is 1.71. The minimum absolute atomic E-state index is 0.606. The van der Waals surface area contributed by atoms with E-state index in [-0.39, 0.29) is 0 Å². The lowest BCUT2D eigenvalue weighted by Crippen LogP contribution is -2.20. The van der Waals surface area contributed by atoms with Gasteiger partial charge in [-0.15, -0.1) is 0 Å². The smallest absolute Gasteiger partial charge is 0.0485 e. The molecule has 0 amide bonds. The molecule has 2 heterocycles. The van der Waals surface area contributed by atoms with Crippen molar-refractivity contribution < 1.29 is 0 Å². The third-order valence-electron chi connectivity index (χ3n) is 1.71. The fourth-order valence-electron chi connectivity index (χ4n) is 1.15. The highest BCUT2D eigenvalue weighted by molar-refractivity contribution is 5.73. The number of nitrogens with one attached hydrogen (secondary N) is 2. The molecule has 48 valence electrons. The summed E-state index contributed by atoms with van der Waals surface area (Å²) in [5.74, 6) is 0.606. The monoisotopic (exact) mass is 123 g/mol. The van der Waals surface area contributed by atoms with Crippen molar-refractivity contribution in [2.24, 2.45) is 10.9 Å². The van der Waals surface area contributed by atoms with Crippen molar-refractivity contribution in [1.82, 2.24) is 10.9 Å². The number of hydrazine groups is 1. The van der Waals surface area contributed by atoms with Gasteiger partial charge in [-0.1, -0.05) is 0 Å². The van der Waals surface area contributed by atoms with Gasteiger partial charge in [0.1, 0.15) is 0 Å². The first kappa shape index (κ1) is 4.99.